The number of imidazole rings is 1. The van der Waals surface area contributed by atoms with Crippen LogP contribution in [0.2, 0.25) is 0 Å². The molecule has 3 rings (SSSR count). The summed E-state index contributed by atoms with van der Waals surface area (Å²) in [5, 5.41) is 9.35. The Labute approximate surface area is 194 Å². The monoisotopic (exact) mass is 497 g/mol. The number of nitriles is 1. The van der Waals surface area contributed by atoms with Gasteiger partial charge in [-0.15, -0.1) is 0 Å². The van der Waals surface area contributed by atoms with Gasteiger partial charge in [-0.3, -0.25) is 0 Å². The number of pyridine rings is 1. The Hall–Kier alpha value is -2.62. The van der Waals surface area contributed by atoms with Crippen LogP contribution in [-0.2, 0) is 28.5 Å². The Kier molecular flexibility index (Phi) is 7.07. The number of alkyl halides is 3. The number of hydrogen-bond acceptors (Lipinski definition) is 6. The van der Waals surface area contributed by atoms with Gasteiger partial charge in [0.2, 0.25) is 10.0 Å². The summed E-state index contributed by atoms with van der Waals surface area (Å²) >= 11 is 0.996. The van der Waals surface area contributed by atoms with Crippen molar-refractivity contribution >= 4 is 32.8 Å². The first-order valence-corrected chi connectivity index (χ1v) is 12.4. The highest BCUT2D eigenvalue weighted by atomic mass is 32.2. The van der Waals surface area contributed by atoms with Crippen LogP contribution in [0, 0.1) is 18.3 Å². The van der Waals surface area contributed by atoms with Crippen molar-refractivity contribution in [3.63, 3.8) is 0 Å². The van der Waals surface area contributed by atoms with Gasteiger partial charge >= 0.3 is 6.18 Å². The highest BCUT2D eigenvalue weighted by Crippen LogP contribution is 2.37. The molecule has 12 heteroatoms. The number of aromatic nitrogens is 3. The van der Waals surface area contributed by atoms with Gasteiger partial charge in [0.15, 0.2) is 0 Å². The molecule has 176 valence electrons. The number of aryl methyl sites for hydroxylation is 2. The average molecular weight is 498 g/mol. The number of hydrogen-bond donors (Lipinski definition) is 0. The maximum Gasteiger partial charge on any atom is 0.417 e. The van der Waals surface area contributed by atoms with Crippen LogP contribution in [0.25, 0.3) is 11.0 Å². The predicted octanol–water partition coefficient (Wildman–Crippen LogP) is 4.58. The lowest BCUT2D eigenvalue weighted by Gasteiger charge is -2.13. The molecule has 0 unspecified atom stereocenters. The molecule has 0 saturated heterocycles. The van der Waals surface area contributed by atoms with Gasteiger partial charge in [0.05, 0.1) is 32.8 Å². The lowest BCUT2D eigenvalue weighted by Crippen LogP contribution is -2.22. The van der Waals surface area contributed by atoms with E-state index >= 15 is 0 Å². The zero-order valence-electron chi connectivity index (χ0n) is 18.4. The van der Waals surface area contributed by atoms with Crippen molar-refractivity contribution in [1.29, 1.82) is 5.26 Å². The zero-order valence-corrected chi connectivity index (χ0v) is 20.1. The third-order valence-electron chi connectivity index (χ3n) is 4.89. The molecule has 2 aromatic heterocycles. The second-order valence-corrected chi connectivity index (χ2v) is 10.6. The summed E-state index contributed by atoms with van der Waals surface area (Å²) in [5.74, 6) is 0.712. The van der Waals surface area contributed by atoms with Crippen molar-refractivity contribution in [3.8, 4) is 6.07 Å². The fourth-order valence-corrected chi connectivity index (χ4v) is 5.24. The van der Waals surface area contributed by atoms with E-state index in [1.54, 1.807) is 12.1 Å². The maximum absolute atomic E-state index is 13.4. The lowest BCUT2D eigenvalue weighted by molar-refractivity contribution is -0.138. The number of halogens is 3. The van der Waals surface area contributed by atoms with Crippen molar-refractivity contribution < 1.29 is 21.6 Å². The van der Waals surface area contributed by atoms with Crippen LogP contribution in [0.4, 0.5) is 13.2 Å². The van der Waals surface area contributed by atoms with E-state index in [2.05, 4.69) is 9.97 Å². The van der Waals surface area contributed by atoms with Gasteiger partial charge in [-0.2, -0.15) is 18.4 Å². The maximum atomic E-state index is 13.4. The Morgan fingerprint density at radius 2 is 1.91 bits per heavy atom. The van der Waals surface area contributed by atoms with E-state index < -0.39 is 27.3 Å². The quantitative estimate of drug-likeness (QED) is 0.444. The van der Waals surface area contributed by atoms with Crippen molar-refractivity contribution in [2.24, 2.45) is 0 Å². The molecule has 33 heavy (non-hydrogen) atoms. The molecule has 0 atom stereocenters. The molecular formula is C21H22F3N5O2S2. The highest BCUT2D eigenvalue weighted by molar-refractivity contribution is 7.98. The van der Waals surface area contributed by atoms with Crippen LogP contribution in [0.5, 0.6) is 0 Å². The molecule has 0 bridgehead atoms. The molecule has 0 N–H and O–H groups in total. The van der Waals surface area contributed by atoms with Crippen molar-refractivity contribution in [2.75, 3.05) is 14.1 Å². The van der Waals surface area contributed by atoms with Gasteiger partial charge in [0.1, 0.15) is 16.9 Å². The molecule has 0 radical (unpaired) electrons. The number of benzene rings is 1. The predicted molar refractivity (Wildman–Crippen MR) is 119 cm³/mol. The standard InChI is InChI=1S/C21H22F3N5O2S2/c1-5-8-29-18-7-6-14(33(30,31)28(3)4)10-17(18)27-19(29)12-32-20-15(11-25)16(21(22,23)24)9-13(2)26-20/h6-7,9-10H,5,8,12H2,1-4H3. The van der Waals surface area contributed by atoms with Crippen LogP contribution < -0.4 is 0 Å². The van der Waals surface area contributed by atoms with E-state index in [1.807, 2.05) is 11.5 Å². The van der Waals surface area contributed by atoms with Gasteiger partial charge in [-0.05, 0) is 37.6 Å². The molecule has 0 fully saturated rings. The first-order valence-electron chi connectivity index (χ1n) is 9.93. The highest BCUT2D eigenvalue weighted by Gasteiger charge is 2.35. The minimum atomic E-state index is -4.67. The van der Waals surface area contributed by atoms with E-state index in [9.17, 15) is 26.9 Å². The minimum Gasteiger partial charge on any atom is -0.327 e. The second-order valence-electron chi connectivity index (χ2n) is 7.51. The summed E-state index contributed by atoms with van der Waals surface area (Å²) in [6.07, 6.45) is -3.90. The van der Waals surface area contributed by atoms with Crippen LogP contribution in [0.1, 0.15) is 36.0 Å². The largest absolute Gasteiger partial charge is 0.417 e. The first-order chi connectivity index (χ1) is 15.4. The number of thioether (sulfide) groups is 1. The third-order valence-corrected chi connectivity index (χ3v) is 7.68. The Morgan fingerprint density at radius 1 is 1.21 bits per heavy atom. The first kappa shape index (κ1) is 25.0. The van der Waals surface area contributed by atoms with Crippen LogP contribution in [-0.4, -0.2) is 41.4 Å². The zero-order chi connectivity index (χ0) is 24.6. The molecule has 0 amide bonds. The normalized spacial score (nSPS) is 12.5. The second kappa shape index (κ2) is 9.32. The van der Waals surface area contributed by atoms with Crippen LogP contribution >= 0.6 is 11.8 Å². The molecule has 7 nitrogen and oxygen atoms in total. The Bertz CT molecular complexity index is 1340. The van der Waals surface area contributed by atoms with Gasteiger partial charge in [-0.25, -0.2) is 22.7 Å². The fourth-order valence-electron chi connectivity index (χ4n) is 3.33. The smallest absolute Gasteiger partial charge is 0.327 e. The van der Waals surface area contributed by atoms with E-state index in [-0.39, 0.29) is 21.4 Å². The average Bonchev–Trinajstić information content (AvgIpc) is 3.08. The fraction of sp³-hybridized carbons (Fsp3) is 0.381. The molecule has 3 aromatic rings. The van der Waals surface area contributed by atoms with Gasteiger partial charge in [0.25, 0.3) is 0 Å². The van der Waals surface area contributed by atoms with E-state index in [1.165, 1.54) is 33.2 Å². The SMILES string of the molecule is CCCn1c(CSc2nc(C)cc(C(F)(F)F)c2C#N)nc2cc(S(=O)(=O)N(C)C)ccc21. The molecular weight excluding hydrogens is 475 g/mol. The summed E-state index contributed by atoms with van der Waals surface area (Å²) in [7, 11) is -0.769. The molecule has 2 heterocycles. The molecule has 0 saturated carbocycles. The topological polar surface area (TPSA) is 91.9 Å². The van der Waals surface area contributed by atoms with E-state index in [0.717, 1.165) is 34.1 Å². The van der Waals surface area contributed by atoms with Crippen molar-refractivity contribution in [3.05, 3.63) is 46.9 Å². The number of fused-ring (bicyclic) bond motifs is 1. The number of rotatable bonds is 7. The molecule has 0 aliphatic carbocycles. The van der Waals surface area contributed by atoms with Gasteiger partial charge < -0.3 is 4.57 Å². The minimum absolute atomic E-state index is 0.0178. The summed E-state index contributed by atoms with van der Waals surface area (Å²) in [4.78, 5) is 8.80. The summed E-state index contributed by atoms with van der Waals surface area (Å²) < 4.78 is 68.2. The van der Waals surface area contributed by atoms with Crippen LogP contribution in [0.15, 0.2) is 34.2 Å². The Morgan fingerprint density at radius 3 is 2.48 bits per heavy atom. The lowest BCUT2D eigenvalue weighted by atomic mass is 10.1. The summed E-state index contributed by atoms with van der Waals surface area (Å²) in [6.45, 7) is 4.00. The van der Waals surface area contributed by atoms with E-state index in [4.69, 9.17) is 0 Å². The molecule has 0 aliphatic heterocycles. The van der Waals surface area contributed by atoms with Crippen molar-refractivity contribution in [2.45, 2.75) is 48.7 Å². The Balaban J connectivity index is 2.04. The summed E-state index contributed by atoms with van der Waals surface area (Å²) in [5.41, 5.74) is -0.185. The molecule has 0 aliphatic rings. The number of sulfonamides is 1. The molecule has 0 spiro atoms. The molecule has 1 aromatic carbocycles. The summed E-state index contributed by atoms with van der Waals surface area (Å²) in [6, 6.07) is 7.16. The van der Waals surface area contributed by atoms with Crippen molar-refractivity contribution in [1.82, 2.24) is 18.8 Å². The van der Waals surface area contributed by atoms with Gasteiger partial charge in [-0.1, -0.05) is 18.7 Å². The van der Waals surface area contributed by atoms with Gasteiger partial charge in [0, 0.05) is 26.3 Å². The third kappa shape index (κ3) is 5.00. The van der Waals surface area contributed by atoms with Crippen LogP contribution in [0.3, 0.4) is 0 Å². The van der Waals surface area contributed by atoms with E-state index in [0.29, 0.717) is 17.9 Å². The number of nitrogens with zero attached hydrogens (tertiary/aromatic N) is 5.